The van der Waals surface area contributed by atoms with Gasteiger partial charge in [-0.1, -0.05) is 49.7 Å². The summed E-state index contributed by atoms with van der Waals surface area (Å²) >= 11 is 6.27. The van der Waals surface area contributed by atoms with Gasteiger partial charge in [0.15, 0.2) is 0 Å². The van der Waals surface area contributed by atoms with Crippen molar-refractivity contribution in [3.8, 4) is 11.3 Å². The van der Waals surface area contributed by atoms with Crippen LogP contribution in [0.15, 0.2) is 30.3 Å². The van der Waals surface area contributed by atoms with Crippen LogP contribution in [0.5, 0.6) is 0 Å². The van der Waals surface area contributed by atoms with Gasteiger partial charge in [0, 0.05) is 11.6 Å². The maximum absolute atomic E-state index is 12.9. The van der Waals surface area contributed by atoms with E-state index in [0.29, 0.717) is 10.6 Å². The average molecular weight is 448 g/mol. The number of aromatic nitrogens is 2. The number of carbonyl (C=O) groups is 2. The molecule has 0 aliphatic heterocycles. The Morgan fingerprint density at radius 3 is 1.94 bits per heavy atom. The van der Waals surface area contributed by atoms with Crippen LogP contribution in [0.3, 0.4) is 0 Å². The Kier molecular flexibility index (Phi) is 7.32. The lowest BCUT2D eigenvalue weighted by Crippen LogP contribution is -2.44. The molecule has 1 aromatic carbocycles. The normalized spacial score (nSPS) is 11.9. The molecule has 8 heteroatoms. The summed E-state index contributed by atoms with van der Waals surface area (Å²) in [6, 6.07) is 9.32. The molecule has 0 unspecified atom stereocenters. The van der Waals surface area contributed by atoms with Crippen molar-refractivity contribution >= 4 is 29.7 Å². The number of nitrogens with zero attached hydrogens (tertiary/aromatic N) is 3. The van der Waals surface area contributed by atoms with Crippen LogP contribution in [0, 0.1) is 0 Å². The quantitative estimate of drug-likeness (QED) is 0.493. The summed E-state index contributed by atoms with van der Waals surface area (Å²) in [7, 11) is 0. The fourth-order valence-electron chi connectivity index (χ4n) is 2.73. The van der Waals surface area contributed by atoms with Crippen molar-refractivity contribution in [3.63, 3.8) is 0 Å². The summed E-state index contributed by atoms with van der Waals surface area (Å²) < 4.78 is 10.8. The molecule has 31 heavy (non-hydrogen) atoms. The zero-order valence-corrected chi connectivity index (χ0v) is 20.1. The smallest absolute Gasteiger partial charge is 0.427 e. The van der Waals surface area contributed by atoms with Crippen molar-refractivity contribution in [1.29, 1.82) is 0 Å². The molecule has 0 saturated heterocycles. The standard InChI is InChI=1S/C23H30ClN3O4/c1-14(2)15-11-9-10-12-16(15)17-13-18(24)26-19(25-17)27(20(28)30-22(3,4)5)21(29)31-23(6,7)8/h9-14H,1-8H3. The molecule has 2 aromatic rings. The number of amides is 2. The maximum atomic E-state index is 12.9. The van der Waals surface area contributed by atoms with Crippen LogP contribution < -0.4 is 4.90 Å². The molecular formula is C23H30ClN3O4. The molecule has 0 aliphatic carbocycles. The van der Waals surface area contributed by atoms with E-state index in [4.69, 9.17) is 21.1 Å². The second-order valence-electron chi connectivity index (χ2n) is 9.41. The molecule has 7 nitrogen and oxygen atoms in total. The number of rotatable bonds is 3. The van der Waals surface area contributed by atoms with Crippen LogP contribution >= 0.6 is 11.6 Å². The average Bonchev–Trinajstić information content (AvgIpc) is 2.58. The van der Waals surface area contributed by atoms with E-state index in [9.17, 15) is 9.59 Å². The Bertz CT molecular complexity index is 934. The lowest BCUT2D eigenvalue weighted by molar-refractivity contribution is 0.0427. The maximum Gasteiger partial charge on any atom is 0.427 e. The van der Waals surface area contributed by atoms with Gasteiger partial charge in [-0.05, 0) is 53.0 Å². The Labute approximate surface area is 188 Å². The molecule has 0 N–H and O–H groups in total. The number of hydrogen-bond donors (Lipinski definition) is 0. The number of imide groups is 1. The molecule has 0 aliphatic rings. The summed E-state index contributed by atoms with van der Waals surface area (Å²) in [6.07, 6.45) is -1.90. The highest BCUT2D eigenvalue weighted by molar-refractivity contribution is 6.29. The minimum atomic E-state index is -0.952. The lowest BCUT2D eigenvalue weighted by atomic mass is 9.95. The molecule has 0 saturated carbocycles. The van der Waals surface area contributed by atoms with Crippen molar-refractivity contribution < 1.29 is 19.1 Å². The highest BCUT2D eigenvalue weighted by Crippen LogP contribution is 2.31. The van der Waals surface area contributed by atoms with Crippen LogP contribution in [0.25, 0.3) is 11.3 Å². The van der Waals surface area contributed by atoms with Gasteiger partial charge in [0.05, 0.1) is 5.69 Å². The first-order valence-electron chi connectivity index (χ1n) is 10.1. The van der Waals surface area contributed by atoms with E-state index in [1.54, 1.807) is 47.6 Å². The van der Waals surface area contributed by atoms with Crippen molar-refractivity contribution in [2.45, 2.75) is 72.5 Å². The molecule has 0 spiro atoms. The van der Waals surface area contributed by atoms with Gasteiger partial charge in [-0.25, -0.2) is 14.6 Å². The third-order valence-corrected chi connectivity index (χ3v) is 4.09. The van der Waals surface area contributed by atoms with Gasteiger partial charge in [0.2, 0.25) is 5.95 Å². The highest BCUT2D eigenvalue weighted by Gasteiger charge is 2.35. The number of benzene rings is 1. The molecule has 0 atom stereocenters. The summed E-state index contributed by atoms with van der Waals surface area (Å²) in [6.45, 7) is 14.3. The topological polar surface area (TPSA) is 81.6 Å². The Morgan fingerprint density at radius 1 is 0.935 bits per heavy atom. The van der Waals surface area contributed by atoms with Gasteiger partial charge in [-0.15, -0.1) is 4.90 Å². The number of anilines is 1. The minimum absolute atomic E-state index is 0.0793. The number of ether oxygens (including phenoxy) is 2. The van der Waals surface area contributed by atoms with Crippen molar-refractivity contribution in [1.82, 2.24) is 9.97 Å². The first-order chi connectivity index (χ1) is 14.2. The minimum Gasteiger partial charge on any atom is -0.443 e. The van der Waals surface area contributed by atoms with Gasteiger partial charge in [-0.3, -0.25) is 0 Å². The van der Waals surface area contributed by atoms with E-state index >= 15 is 0 Å². The number of carbonyl (C=O) groups excluding carboxylic acids is 2. The fraction of sp³-hybridized carbons (Fsp3) is 0.478. The highest BCUT2D eigenvalue weighted by atomic mass is 35.5. The number of hydrogen-bond acceptors (Lipinski definition) is 6. The van der Waals surface area contributed by atoms with Gasteiger partial charge in [0.1, 0.15) is 16.4 Å². The van der Waals surface area contributed by atoms with Crippen LogP contribution in [-0.2, 0) is 9.47 Å². The monoisotopic (exact) mass is 447 g/mol. The van der Waals surface area contributed by atoms with Gasteiger partial charge < -0.3 is 9.47 Å². The van der Waals surface area contributed by atoms with Crippen molar-refractivity contribution in [2.75, 3.05) is 4.90 Å². The molecular weight excluding hydrogens is 418 g/mol. The second kappa shape index (κ2) is 9.22. The predicted molar refractivity (Wildman–Crippen MR) is 122 cm³/mol. The van der Waals surface area contributed by atoms with E-state index in [2.05, 4.69) is 23.8 Å². The summed E-state index contributed by atoms with van der Waals surface area (Å²) in [4.78, 5) is 35.1. The molecule has 168 valence electrons. The molecule has 2 amide bonds. The molecule has 0 bridgehead atoms. The first kappa shape index (κ1) is 24.6. The third-order valence-electron chi connectivity index (χ3n) is 3.89. The summed E-state index contributed by atoms with van der Waals surface area (Å²) in [5.41, 5.74) is 0.670. The van der Waals surface area contributed by atoms with Crippen LogP contribution in [-0.4, -0.2) is 33.4 Å². The zero-order valence-electron chi connectivity index (χ0n) is 19.3. The number of halogens is 1. The Morgan fingerprint density at radius 2 is 1.45 bits per heavy atom. The molecule has 1 aromatic heterocycles. The van der Waals surface area contributed by atoms with Crippen molar-refractivity contribution in [3.05, 3.63) is 41.0 Å². The summed E-state index contributed by atoms with van der Waals surface area (Å²) in [5, 5.41) is 0.0793. The van der Waals surface area contributed by atoms with Crippen LogP contribution in [0.4, 0.5) is 15.5 Å². The van der Waals surface area contributed by atoms with Crippen molar-refractivity contribution in [2.24, 2.45) is 0 Å². The second-order valence-corrected chi connectivity index (χ2v) is 9.80. The van der Waals surface area contributed by atoms with E-state index in [1.165, 1.54) is 0 Å². The van der Waals surface area contributed by atoms with Gasteiger partial charge in [0.25, 0.3) is 0 Å². The van der Waals surface area contributed by atoms with Crippen LogP contribution in [0.1, 0.15) is 66.9 Å². The van der Waals surface area contributed by atoms with E-state index in [-0.39, 0.29) is 17.0 Å². The fourth-order valence-corrected chi connectivity index (χ4v) is 2.91. The first-order valence-corrected chi connectivity index (χ1v) is 10.5. The molecule has 0 fully saturated rings. The lowest BCUT2D eigenvalue weighted by Gasteiger charge is -2.27. The SMILES string of the molecule is CC(C)c1ccccc1-c1cc(Cl)nc(N(C(=O)OC(C)(C)C)C(=O)OC(C)(C)C)n1. The van der Waals surface area contributed by atoms with E-state index in [1.807, 2.05) is 24.3 Å². The van der Waals surface area contributed by atoms with E-state index < -0.39 is 23.4 Å². The zero-order chi connectivity index (χ0) is 23.6. The molecule has 1 heterocycles. The van der Waals surface area contributed by atoms with Gasteiger partial charge >= 0.3 is 12.2 Å². The van der Waals surface area contributed by atoms with Crippen LogP contribution in [0.2, 0.25) is 5.15 Å². The summed E-state index contributed by atoms with van der Waals surface area (Å²) in [5.74, 6) is 0.00534. The largest absolute Gasteiger partial charge is 0.443 e. The van der Waals surface area contributed by atoms with Gasteiger partial charge in [-0.2, -0.15) is 4.98 Å². The van der Waals surface area contributed by atoms with E-state index in [0.717, 1.165) is 11.1 Å². The Balaban J connectivity index is 2.61. The Hall–Kier alpha value is -2.67. The predicted octanol–water partition coefficient (Wildman–Crippen LogP) is 6.60. The third kappa shape index (κ3) is 6.92. The molecule has 0 radical (unpaired) electrons. The molecule has 2 rings (SSSR count).